The highest BCUT2D eigenvalue weighted by molar-refractivity contribution is 5.75. The quantitative estimate of drug-likeness (QED) is 0.574. The number of hydrogen-bond donors (Lipinski definition) is 1. The average molecular weight is 212 g/mol. The summed E-state index contributed by atoms with van der Waals surface area (Å²) in [5, 5.41) is 16.7. The summed E-state index contributed by atoms with van der Waals surface area (Å²) in [6.45, 7) is 3.67. The minimum absolute atomic E-state index is 0.00792. The van der Waals surface area contributed by atoms with E-state index in [2.05, 4.69) is 10.4 Å². The van der Waals surface area contributed by atoms with E-state index in [4.69, 9.17) is 0 Å². The molecule has 0 aliphatic carbocycles. The van der Waals surface area contributed by atoms with Gasteiger partial charge in [-0.3, -0.25) is 19.6 Å². The Morgan fingerprint density at radius 2 is 2.40 bits per heavy atom. The lowest BCUT2D eigenvalue weighted by atomic mass is 10.4. The molecule has 7 heteroatoms. The number of nitro groups is 1. The highest BCUT2D eigenvalue weighted by Gasteiger charge is 2.11. The first-order valence-corrected chi connectivity index (χ1v) is 4.45. The fraction of sp³-hybridized carbons (Fsp3) is 0.500. The van der Waals surface area contributed by atoms with Gasteiger partial charge in [0.15, 0.2) is 0 Å². The second-order valence-corrected chi connectivity index (χ2v) is 3.38. The molecule has 0 bridgehead atoms. The summed E-state index contributed by atoms with van der Waals surface area (Å²) in [5.74, 6) is -0.219. The van der Waals surface area contributed by atoms with Gasteiger partial charge in [-0.05, 0) is 13.8 Å². The van der Waals surface area contributed by atoms with Crippen LogP contribution in [0.1, 0.15) is 13.8 Å². The molecule has 0 radical (unpaired) electrons. The van der Waals surface area contributed by atoms with E-state index in [1.165, 1.54) is 10.9 Å². The Kier molecular flexibility index (Phi) is 3.37. The van der Waals surface area contributed by atoms with Gasteiger partial charge in [0.05, 0.1) is 4.92 Å². The molecule has 1 amide bonds. The van der Waals surface area contributed by atoms with Crippen molar-refractivity contribution in [1.82, 2.24) is 15.1 Å². The molecule has 15 heavy (non-hydrogen) atoms. The van der Waals surface area contributed by atoms with Crippen LogP contribution in [-0.4, -0.2) is 26.7 Å². The number of carbonyl (C=O) groups excluding carboxylic acids is 1. The third-order valence-corrected chi connectivity index (χ3v) is 1.59. The first-order chi connectivity index (χ1) is 6.99. The monoisotopic (exact) mass is 212 g/mol. The minimum atomic E-state index is -0.552. The number of nitrogens with zero attached hydrogens (tertiary/aromatic N) is 3. The fourth-order valence-electron chi connectivity index (χ4n) is 1.05. The Bertz CT molecular complexity index is 372. The van der Waals surface area contributed by atoms with Crippen molar-refractivity contribution in [3.05, 3.63) is 22.5 Å². The van der Waals surface area contributed by atoms with E-state index in [9.17, 15) is 14.9 Å². The normalized spacial score (nSPS) is 10.3. The van der Waals surface area contributed by atoms with Crippen LogP contribution in [0.3, 0.4) is 0 Å². The summed E-state index contributed by atoms with van der Waals surface area (Å²) in [6, 6.07) is 0.0445. The average Bonchev–Trinajstić information content (AvgIpc) is 2.50. The van der Waals surface area contributed by atoms with Gasteiger partial charge >= 0.3 is 5.69 Å². The number of rotatable bonds is 4. The molecule has 1 aromatic rings. The largest absolute Gasteiger partial charge is 0.352 e. The van der Waals surface area contributed by atoms with Crippen molar-refractivity contribution in [2.24, 2.45) is 0 Å². The van der Waals surface area contributed by atoms with Gasteiger partial charge in [0.1, 0.15) is 18.9 Å². The van der Waals surface area contributed by atoms with Crippen molar-refractivity contribution in [2.75, 3.05) is 0 Å². The molecule has 7 nitrogen and oxygen atoms in total. The summed E-state index contributed by atoms with van der Waals surface area (Å²) >= 11 is 0. The predicted molar refractivity (Wildman–Crippen MR) is 52.2 cm³/mol. The molecule has 0 spiro atoms. The van der Waals surface area contributed by atoms with Gasteiger partial charge in [-0.1, -0.05) is 0 Å². The topological polar surface area (TPSA) is 90.1 Å². The molecule has 0 fully saturated rings. The summed E-state index contributed by atoms with van der Waals surface area (Å²) < 4.78 is 1.23. The fourth-order valence-corrected chi connectivity index (χ4v) is 1.05. The summed E-state index contributed by atoms with van der Waals surface area (Å²) in [5.41, 5.74) is -0.118. The molecule has 0 unspecified atom stereocenters. The Labute approximate surface area is 86.2 Å². The van der Waals surface area contributed by atoms with Crippen LogP contribution in [0, 0.1) is 10.1 Å². The smallest absolute Gasteiger partial charge is 0.307 e. The summed E-state index contributed by atoms with van der Waals surface area (Å²) in [6.07, 6.45) is 2.34. The Morgan fingerprint density at radius 3 is 2.87 bits per heavy atom. The molecular weight excluding hydrogens is 200 g/mol. The molecule has 0 aliphatic rings. The van der Waals surface area contributed by atoms with Gasteiger partial charge in [-0.2, -0.15) is 5.10 Å². The highest BCUT2D eigenvalue weighted by atomic mass is 16.6. The first-order valence-electron chi connectivity index (χ1n) is 4.45. The van der Waals surface area contributed by atoms with Crippen LogP contribution in [0.15, 0.2) is 12.4 Å². The van der Waals surface area contributed by atoms with Crippen molar-refractivity contribution >= 4 is 11.6 Å². The van der Waals surface area contributed by atoms with Crippen LogP contribution < -0.4 is 5.32 Å². The van der Waals surface area contributed by atoms with Crippen LogP contribution in [0.25, 0.3) is 0 Å². The number of aromatic nitrogens is 2. The molecular formula is C8H12N4O3. The van der Waals surface area contributed by atoms with E-state index in [-0.39, 0.29) is 24.2 Å². The minimum Gasteiger partial charge on any atom is -0.352 e. The van der Waals surface area contributed by atoms with Gasteiger partial charge < -0.3 is 5.32 Å². The third-order valence-electron chi connectivity index (χ3n) is 1.59. The zero-order valence-electron chi connectivity index (χ0n) is 8.51. The van der Waals surface area contributed by atoms with Crippen LogP contribution in [0.5, 0.6) is 0 Å². The van der Waals surface area contributed by atoms with Gasteiger partial charge in [-0.25, -0.2) is 0 Å². The van der Waals surface area contributed by atoms with Gasteiger partial charge in [-0.15, -0.1) is 0 Å². The van der Waals surface area contributed by atoms with E-state index >= 15 is 0 Å². The molecule has 0 saturated carbocycles. The van der Waals surface area contributed by atoms with Gasteiger partial charge in [0.25, 0.3) is 0 Å². The second kappa shape index (κ2) is 4.54. The Balaban J connectivity index is 2.57. The second-order valence-electron chi connectivity index (χ2n) is 3.38. The molecule has 1 aromatic heterocycles. The standard InChI is InChI=1S/C8H12N4O3/c1-6(2)10-8(13)5-11-4-7(3-9-11)12(14)15/h3-4,6H,5H2,1-2H3,(H,10,13). The third kappa shape index (κ3) is 3.37. The highest BCUT2D eigenvalue weighted by Crippen LogP contribution is 2.07. The lowest BCUT2D eigenvalue weighted by Crippen LogP contribution is -2.33. The lowest BCUT2D eigenvalue weighted by molar-refractivity contribution is -0.385. The molecule has 0 aromatic carbocycles. The number of amides is 1. The summed E-state index contributed by atoms with van der Waals surface area (Å²) in [7, 11) is 0. The van der Waals surface area contributed by atoms with E-state index in [1.54, 1.807) is 0 Å². The number of carbonyl (C=O) groups is 1. The van der Waals surface area contributed by atoms with Crippen molar-refractivity contribution in [3.63, 3.8) is 0 Å². The van der Waals surface area contributed by atoms with E-state index < -0.39 is 4.92 Å². The lowest BCUT2D eigenvalue weighted by Gasteiger charge is -2.07. The SMILES string of the molecule is CC(C)NC(=O)Cn1cc([N+](=O)[O-])cn1. The zero-order valence-corrected chi connectivity index (χ0v) is 8.51. The van der Waals surface area contributed by atoms with Gasteiger partial charge in [0.2, 0.25) is 5.91 Å². The number of nitrogens with one attached hydrogen (secondary N) is 1. The predicted octanol–water partition coefficient (Wildman–Crippen LogP) is 0.316. The van der Waals surface area contributed by atoms with Crippen LogP contribution in [0.4, 0.5) is 5.69 Å². The molecule has 1 rings (SSSR count). The number of hydrogen-bond acceptors (Lipinski definition) is 4. The molecule has 0 saturated heterocycles. The van der Waals surface area contributed by atoms with E-state index in [0.29, 0.717) is 0 Å². The Morgan fingerprint density at radius 1 is 1.73 bits per heavy atom. The van der Waals surface area contributed by atoms with Gasteiger partial charge in [0, 0.05) is 6.04 Å². The maximum atomic E-state index is 11.3. The van der Waals surface area contributed by atoms with Crippen LogP contribution in [-0.2, 0) is 11.3 Å². The van der Waals surface area contributed by atoms with Crippen molar-refractivity contribution in [2.45, 2.75) is 26.4 Å². The van der Waals surface area contributed by atoms with Crippen LogP contribution >= 0.6 is 0 Å². The Hall–Kier alpha value is -1.92. The molecule has 0 atom stereocenters. The maximum absolute atomic E-state index is 11.3. The van der Waals surface area contributed by atoms with E-state index in [0.717, 1.165) is 6.20 Å². The van der Waals surface area contributed by atoms with Crippen LogP contribution in [0.2, 0.25) is 0 Å². The summed E-state index contributed by atoms with van der Waals surface area (Å²) in [4.78, 5) is 21.0. The van der Waals surface area contributed by atoms with Crippen molar-refractivity contribution in [3.8, 4) is 0 Å². The molecule has 0 aliphatic heterocycles. The first kappa shape index (κ1) is 11.2. The van der Waals surface area contributed by atoms with Crippen molar-refractivity contribution in [1.29, 1.82) is 0 Å². The maximum Gasteiger partial charge on any atom is 0.307 e. The zero-order chi connectivity index (χ0) is 11.4. The molecule has 1 heterocycles. The molecule has 1 N–H and O–H groups in total. The molecule has 82 valence electrons. The van der Waals surface area contributed by atoms with E-state index in [1.807, 2.05) is 13.8 Å². The van der Waals surface area contributed by atoms with Crippen molar-refractivity contribution < 1.29 is 9.72 Å².